The third-order valence-electron chi connectivity index (χ3n) is 4.73. The maximum Gasteiger partial charge on any atom is 0.248 e. The van der Waals surface area contributed by atoms with Crippen LogP contribution >= 0.6 is 0 Å². The van der Waals surface area contributed by atoms with Crippen molar-refractivity contribution in [3.05, 3.63) is 77.9 Å². The van der Waals surface area contributed by atoms with Crippen molar-refractivity contribution < 1.29 is 19.8 Å². The SMILES string of the molecule is NC(=O)c1ccc(-c2nc(-c3ccccc3O)nc(-c3ccc(C(N)=O)cc3O)n2)cc1. The van der Waals surface area contributed by atoms with Crippen molar-refractivity contribution in [2.75, 3.05) is 0 Å². The van der Waals surface area contributed by atoms with Crippen molar-refractivity contribution >= 4 is 11.8 Å². The first kappa shape index (κ1) is 20.5. The Hall–Kier alpha value is -4.79. The number of para-hydroxylation sites is 1. The van der Waals surface area contributed by atoms with E-state index >= 15 is 0 Å². The van der Waals surface area contributed by atoms with Gasteiger partial charge >= 0.3 is 0 Å². The first-order valence-electron chi connectivity index (χ1n) is 9.41. The molecule has 3 aromatic carbocycles. The number of carbonyl (C=O) groups excluding carboxylic acids is 2. The first-order valence-corrected chi connectivity index (χ1v) is 9.41. The molecule has 0 atom stereocenters. The molecule has 158 valence electrons. The van der Waals surface area contributed by atoms with Crippen molar-refractivity contribution in [3.63, 3.8) is 0 Å². The van der Waals surface area contributed by atoms with Gasteiger partial charge in [0.25, 0.3) is 0 Å². The van der Waals surface area contributed by atoms with E-state index in [9.17, 15) is 19.8 Å². The average molecular weight is 427 g/mol. The number of rotatable bonds is 5. The number of amides is 2. The summed E-state index contributed by atoms with van der Waals surface area (Å²) in [7, 11) is 0. The Labute approximate surface area is 182 Å². The lowest BCUT2D eigenvalue weighted by Gasteiger charge is -2.10. The molecular weight excluding hydrogens is 410 g/mol. The maximum absolute atomic E-state index is 11.4. The van der Waals surface area contributed by atoms with Gasteiger partial charge in [-0.2, -0.15) is 0 Å². The second-order valence-corrected chi connectivity index (χ2v) is 6.86. The van der Waals surface area contributed by atoms with E-state index in [0.717, 1.165) is 0 Å². The van der Waals surface area contributed by atoms with Crippen LogP contribution in [0.1, 0.15) is 20.7 Å². The Balaban J connectivity index is 1.91. The molecule has 4 rings (SSSR count). The lowest BCUT2D eigenvalue weighted by Crippen LogP contribution is -2.10. The molecule has 6 N–H and O–H groups in total. The first-order chi connectivity index (χ1) is 15.3. The minimum absolute atomic E-state index is 0.0343. The van der Waals surface area contributed by atoms with Crippen LogP contribution in [0.25, 0.3) is 34.2 Å². The molecule has 0 unspecified atom stereocenters. The summed E-state index contributed by atoms with van der Waals surface area (Å²) in [5.41, 5.74) is 12.2. The highest BCUT2D eigenvalue weighted by Gasteiger charge is 2.17. The number of benzene rings is 3. The van der Waals surface area contributed by atoms with E-state index < -0.39 is 11.8 Å². The largest absolute Gasteiger partial charge is 0.507 e. The van der Waals surface area contributed by atoms with Crippen LogP contribution in [0.3, 0.4) is 0 Å². The van der Waals surface area contributed by atoms with E-state index in [2.05, 4.69) is 15.0 Å². The van der Waals surface area contributed by atoms with Crippen LogP contribution < -0.4 is 11.5 Å². The molecule has 32 heavy (non-hydrogen) atoms. The number of nitrogens with zero attached hydrogens (tertiary/aromatic N) is 3. The van der Waals surface area contributed by atoms with E-state index in [1.165, 1.54) is 24.3 Å². The standard InChI is InChI=1S/C23H17N5O4/c24-19(31)12-5-7-13(8-6-12)21-26-22(15-3-1-2-4-17(15)29)28-23(27-21)16-10-9-14(20(25)32)11-18(16)30/h1-11,29-30H,(H2,24,31)(H2,25,32). The van der Waals surface area contributed by atoms with E-state index in [1.807, 2.05) is 0 Å². The van der Waals surface area contributed by atoms with Gasteiger partial charge in [0.05, 0.1) is 11.1 Å². The number of hydrogen-bond acceptors (Lipinski definition) is 7. The van der Waals surface area contributed by atoms with E-state index in [1.54, 1.807) is 42.5 Å². The van der Waals surface area contributed by atoms with Gasteiger partial charge in [-0.05, 0) is 42.5 Å². The molecule has 9 nitrogen and oxygen atoms in total. The summed E-state index contributed by atoms with van der Waals surface area (Å²) in [6.07, 6.45) is 0. The topological polar surface area (TPSA) is 165 Å². The monoisotopic (exact) mass is 427 g/mol. The number of hydrogen-bond donors (Lipinski definition) is 4. The van der Waals surface area contributed by atoms with Gasteiger partial charge in [0.15, 0.2) is 17.5 Å². The maximum atomic E-state index is 11.4. The predicted molar refractivity (Wildman–Crippen MR) is 117 cm³/mol. The third-order valence-corrected chi connectivity index (χ3v) is 4.73. The summed E-state index contributed by atoms with van der Waals surface area (Å²) in [6, 6.07) is 17.0. The number of phenolic OH excluding ortho intramolecular Hbond substituents is 2. The number of aromatic nitrogens is 3. The van der Waals surface area contributed by atoms with Crippen LogP contribution in [0.15, 0.2) is 66.7 Å². The van der Waals surface area contributed by atoms with Crippen molar-refractivity contribution in [3.8, 4) is 45.7 Å². The molecule has 0 spiro atoms. The Morgan fingerprint density at radius 2 is 1.16 bits per heavy atom. The summed E-state index contributed by atoms with van der Waals surface area (Å²) < 4.78 is 0. The molecular formula is C23H17N5O4. The summed E-state index contributed by atoms with van der Waals surface area (Å²) in [6.45, 7) is 0. The van der Waals surface area contributed by atoms with Gasteiger partial charge in [0.1, 0.15) is 11.5 Å². The number of nitrogens with two attached hydrogens (primary N) is 2. The zero-order valence-electron chi connectivity index (χ0n) is 16.6. The summed E-state index contributed by atoms with van der Waals surface area (Å²) >= 11 is 0. The van der Waals surface area contributed by atoms with Gasteiger partial charge in [0.2, 0.25) is 11.8 Å². The highest BCUT2D eigenvalue weighted by molar-refractivity contribution is 5.94. The Bertz CT molecular complexity index is 1350. The minimum Gasteiger partial charge on any atom is -0.507 e. The minimum atomic E-state index is -0.687. The fraction of sp³-hybridized carbons (Fsp3) is 0. The highest BCUT2D eigenvalue weighted by Crippen LogP contribution is 2.32. The van der Waals surface area contributed by atoms with Crippen LogP contribution in [0.5, 0.6) is 11.5 Å². The molecule has 0 aliphatic rings. The quantitative estimate of drug-likeness (QED) is 0.380. The lowest BCUT2D eigenvalue weighted by atomic mass is 10.1. The fourth-order valence-electron chi connectivity index (χ4n) is 3.07. The van der Waals surface area contributed by atoms with Gasteiger partial charge in [-0.15, -0.1) is 0 Å². The normalized spacial score (nSPS) is 10.6. The molecule has 0 bridgehead atoms. The number of primary amides is 2. The zero-order valence-corrected chi connectivity index (χ0v) is 16.6. The average Bonchev–Trinajstić information content (AvgIpc) is 2.79. The lowest BCUT2D eigenvalue weighted by molar-refractivity contribution is 0.0991. The van der Waals surface area contributed by atoms with Crippen LogP contribution in [0.4, 0.5) is 0 Å². The molecule has 0 radical (unpaired) electrons. The Morgan fingerprint density at radius 1 is 0.625 bits per heavy atom. The van der Waals surface area contributed by atoms with Crippen LogP contribution in [-0.4, -0.2) is 37.0 Å². The predicted octanol–water partition coefficient (Wildman–Crippen LogP) is 2.48. The third kappa shape index (κ3) is 3.94. The number of phenols is 2. The molecule has 9 heteroatoms. The Kier molecular flexibility index (Phi) is 5.22. The zero-order chi connectivity index (χ0) is 22.8. The van der Waals surface area contributed by atoms with E-state index in [-0.39, 0.29) is 40.1 Å². The van der Waals surface area contributed by atoms with Crippen LogP contribution in [0.2, 0.25) is 0 Å². The summed E-state index contributed by atoms with van der Waals surface area (Å²) in [5.74, 6) is -1.02. The summed E-state index contributed by atoms with van der Waals surface area (Å²) in [4.78, 5) is 36.1. The molecule has 4 aromatic rings. The van der Waals surface area contributed by atoms with E-state index in [0.29, 0.717) is 16.7 Å². The second kappa shape index (κ2) is 8.15. The van der Waals surface area contributed by atoms with Gasteiger partial charge < -0.3 is 21.7 Å². The van der Waals surface area contributed by atoms with Gasteiger partial charge in [-0.3, -0.25) is 9.59 Å². The summed E-state index contributed by atoms with van der Waals surface area (Å²) in [5, 5.41) is 20.7. The Morgan fingerprint density at radius 3 is 1.72 bits per heavy atom. The number of carbonyl (C=O) groups is 2. The molecule has 0 fully saturated rings. The molecule has 0 aliphatic heterocycles. The van der Waals surface area contributed by atoms with Crippen LogP contribution in [-0.2, 0) is 0 Å². The molecule has 0 saturated carbocycles. The molecule has 2 amide bonds. The molecule has 0 aliphatic carbocycles. The second-order valence-electron chi connectivity index (χ2n) is 6.86. The van der Waals surface area contributed by atoms with Gasteiger partial charge in [-0.1, -0.05) is 24.3 Å². The molecule has 0 saturated heterocycles. The highest BCUT2D eigenvalue weighted by atomic mass is 16.3. The molecule has 1 heterocycles. The fourth-order valence-corrected chi connectivity index (χ4v) is 3.07. The number of aromatic hydroxyl groups is 2. The smallest absolute Gasteiger partial charge is 0.248 e. The van der Waals surface area contributed by atoms with Crippen molar-refractivity contribution in [1.82, 2.24) is 15.0 Å². The van der Waals surface area contributed by atoms with Crippen molar-refractivity contribution in [2.24, 2.45) is 11.5 Å². The van der Waals surface area contributed by atoms with Crippen LogP contribution in [0, 0.1) is 0 Å². The molecule has 1 aromatic heterocycles. The van der Waals surface area contributed by atoms with Crippen molar-refractivity contribution in [1.29, 1.82) is 0 Å². The van der Waals surface area contributed by atoms with Gasteiger partial charge in [0, 0.05) is 16.7 Å². The van der Waals surface area contributed by atoms with Crippen molar-refractivity contribution in [2.45, 2.75) is 0 Å². The van der Waals surface area contributed by atoms with Gasteiger partial charge in [-0.25, -0.2) is 15.0 Å². The van der Waals surface area contributed by atoms with E-state index in [4.69, 9.17) is 11.5 Å².